The predicted octanol–water partition coefficient (Wildman–Crippen LogP) is 1.73. The molecule has 1 N–H and O–H groups in total. The van der Waals surface area contributed by atoms with E-state index in [0.717, 1.165) is 17.1 Å². The molecular weight excluding hydrogens is 342 g/mol. The zero-order valence-electron chi connectivity index (χ0n) is 14.2. The summed E-state index contributed by atoms with van der Waals surface area (Å²) in [6, 6.07) is 13.2. The Morgan fingerprint density at radius 1 is 1.24 bits per heavy atom. The van der Waals surface area contributed by atoms with Crippen LogP contribution in [0.2, 0.25) is 0 Å². The van der Waals surface area contributed by atoms with Crippen LogP contribution in [0.25, 0.3) is 0 Å². The number of anilines is 1. The normalized spacial score (nSPS) is 11.6. The maximum absolute atomic E-state index is 10.8. The van der Waals surface area contributed by atoms with Gasteiger partial charge in [0.25, 0.3) is 10.1 Å². The van der Waals surface area contributed by atoms with Crippen LogP contribution >= 0.6 is 0 Å². The molecule has 1 aromatic heterocycles. The summed E-state index contributed by atoms with van der Waals surface area (Å²) in [5.41, 5.74) is 1.65. The van der Waals surface area contributed by atoms with Crippen molar-refractivity contribution in [3.8, 4) is 5.75 Å². The molecule has 0 amide bonds. The average Bonchev–Trinajstić information content (AvgIpc) is 2.59. The van der Waals surface area contributed by atoms with E-state index in [9.17, 15) is 8.42 Å². The Morgan fingerprint density at radius 3 is 2.68 bits per heavy atom. The van der Waals surface area contributed by atoms with Gasteiger partial charge in [0.2, 0.25) is 5.69 Å². The molecule has 0 spiro atoms. The van der Waals surface area contributed by atoms with E-state index in [1.165, 1.54) is 0 Å². The lowest BCUT2D eigenvalue weighted by molar-refractivity contribution is -0.697. The first kappa shape index (κ1) is 18.9. The third kappa shape index (κ3) is 5.84. The standard InChI is InChI=1S/C17H21N3O4S/c1-19(16-9-3-4-10-17(16)24-2)18-14-15-8-5-6-11-20(15)12-7-13-25(21,22)23/h3-6,8-11,14H,7,12-13H2,1-2H3/p+1. The van der Waals surface area contributed by atoms with E-state index in [2.05, 4.69) is 5.10 Å². The van der Waals surface area contributed by atoms with E-state index in [0.29, 0.717) is 13.0 Å². The van der Waals surface area contributed by atoms with Gasteiger partial charge in [-0.05, 0) is 18.2 Å². The van der Waals surface area contributed by atoms with Crippen LogP contribution in [0, 0.1) is 0 Å². The summed E-state index contributed by atoms with van der Waals surface area (Å²) in [6.45, 7) is 0.459. The van der Waals surface area contributed by atoms with Crippen molar-refractivity contribution in [2.24, 2.45) is 5.10 Å². The van der Waals surface area contributed by atoms with E-state index in [-0.39, 0.29) is 5.75 Å². The number of hydrogen-bond acceptors (Lipinski definition) is 5. The van der Waals surface area contributed by atoms with E-state index in [4.69, 9.17) is 9.29 Å². The summed E-state index contributed by atoms with van der Waals surface area (Å²) in [5.74, 6) is 0.448. The van der Waals surface area contributed by atoms with Crippen LogP contribution in [0.3, 0.4) is 0 Å². The number of hydrogen-bond donors (Lipinski definition) is 1. The summed E-state index contributed by atoms with van der Waals surface area (Å²) < 4.78 is 37.7. The lowest BCUT2D eigenvalue weighted by atomic mass is 10.3. The summed E-state index contributed by atoms with van der Waals surface area (Å²) in [4.78, 5) is 0. The van der Waals surface area contributed by atoms with Gasteiger partial charge < -0.3 is 4.74 Å². The zero-order valence-corrected chi connectivity index (χ0v) is 15.1. The van der Waals surface area contributed by atoms with Crippen LogP contribution in [-0.2, 0) is 16.7 Å². The van der Waals surface area contributed by atoms with E-state index >= 15 is 0 Å². The zero-order chi connectivity index (χ0) is 18.3. The number of ether oxygens (including phenoxy) is 1. The van der Waals surface area contributed by atoms with Crippen LogP contribution in [0.5, 0.6) is 5.75 Å². The maximum atomic E-state index is 10.8. The molecule has 0 aliphatic heterocycles. The highest BCUT2D eigenvalue weighted by Gasteiger charge is 2.11. The molecule has 0 radical (unpaired) electrons. The molecule has 2 rings (SSSR count). The Labute approximate surface area is 147 Å². The van der Waals surface area contributed by atoms with Gasteiger partial charge in [-0.3, -0.25) is 9.56 Å². The second-order valence-corrected chi connectivity index (χ2v) is 6.97. The summed E-state index contributed by atoms with van der Waals surface area (Å²) in [7, 11) is -0.518. The third-order valence-electron chi connectivity index (χ3n) is 3.57. The Morgan fingerprint density at radius 2 is 1.96 bits per heavy atom. The Balaban J connectivity index is 2.12. The van der Waals surface area contributed by atoms with Gasteiger partial charge in [0.15, 0.2) is 6.20 Å². The minimum absolute atomic E-state index is 0.271. The molecule has 8 heteroatoms. The predicted molar refractivity (Wildman–Crippen MR) is 96.7 cm³/mol. The molecule has 0 unspecified atom stereocenters. The largest absolute Gasteiger partial charge is 0.495 e. The van der Waals surface area contributed by atoms with E-state index in [1.54, 1.807) is 18.3 Å². The van der Waals surface area contributed by atoms with E-state index in [1.807, 2.05) is 60.3 Å². The van der Waals surface area contributed by atoms with Gasteiger partial charge in [0, 0.05) is 25.6 Å². The topological polar surface area (TPSA) is 83.1 Å². The van der Waals surface area contributed by atoms with Crippen molar-refractivity contribution in [2.75, 3.05) is 24.9 Å². The van der Waals surface area contributed by atoms with Crippen molar-refractivity contribution in [1.82, 2.24) is 0 Å². The molecule has 0 saturated heterocycles. The average molecular weight is 364 g/mol. The van der Waals surface area contributed by atoms with Crippen molar-refractivity contribution in [3.05, 3.63) is 54.4 Å². The van der Waals surface area contributed by atoms with Crippen molar-refractivity contribution >= 4 is 22.0 Å². The first-order valence-electron chi connectivity index (χ1n) is 7.75. The molecule has 1 heterocycles. The maximum Gasteiger partial charge on any atom is 0.265 e. The lowest BCUT2D eigenvalue weighted by Crippen LogP contribution is -2.38. The van der Waals surface area contributed by atoms with Gasteiger partial charge in [-0.2, -0.15) is 18.1 Å². The van der Waals surface area contributed by atoms with Crippen LogP contribution in [0.1, 0.15) is 12.1 Å². The number of para-hydroxylation sites is 2. The van der Waals surface area contributed by atoms with Gasteiger partial charge in [-0.1, -0.05) is 12.1 Å². The number of benzene rings is 1. The second kappa shape index (κ2) is 8.59. The number of nitrogens with zero attached hydrogens (tertiary/aromatic N) is 3. The van der Waals surface area contributed by atoms with Gasteiger partial charge in [0.05, 0.1) is 12.9 Å². The number of aryl methyl sites for hydroxylation is 1. The Bertz CT molecular complexity index is 837. The highest BCUT2D eigenvalue weighted by Crippen LogP contribution is 2.26. The minimum atomic E-state index is -3.95. The number of hydrazone groups is 1. The van der Waals surface area contributed by atoms with Gasteiger partial charge in [-0.25, -0.2) is 0 Å². The summed E-state index contributed by atoms with van der Waals surface area (Å²) >= 11 is 0. The molecule has 134 valence electrons. The molecule has 0 atom stereocenters. The fourth-order valence-electron chi connectivity index (χ4n) is 2.33. The van der Waals surface area contributed by atoms with Crippen LogP contribution < -0.4 is 14.3 Å². The number of aromatic nitrogens is 1. The van der Waals surface area contributed by atoms with Gasteiger partial charge >= 0.3 is 0 Å². The van der Waals surface area contributed by atoms with Crippen LogP contribution in [0.4, 0.5) is 5.69 Å². The molecule has 0 fully saturated rings. The fraction of sp³-hybridized carbons (Fsp3) is 0.294. The molecule has 25 heavy (non-hydrogen) atoms. The Kier molecular flexibility index (Phi) is 6.49. The SMILES string of the molecule is COc1ccccc1N(C)/N=C/c1cccc[n+]1CCCS(=O)(=O)O. The molecule has 1 aromatic carbocycles. The third-order valence-corrected chi connectivity index (χ3v) is 4.38. The number of pyridine rings is 1. The molecule has 0 bridgehead atoms. The van der Waals surface area contributed by atoms with Crippen molar-refractivity contribution < 1.29 is 22.3 Å². The molecule has 0 aliphatic carbocycles. The van der Waals surface area contributed by atoms with Crippen molar-refractivity contribution in [2.45, 2.75) is 13.0 Å². The molecule has 0 aliphatic rings. The van der Waals surface area contributed by atoms with Crippen LogP contribution in [0.15, 0.2) is 53.8 Å². The Hall–Kier alpha value is -2.45. The monoisotopic (exact) mass is 364 g/mol. The van der Waals surface area contributed by atoms with Crippen LogP contribution in [-0.4, -0.2) is 39.1 Å². The smallest absolute Gasteiger partial charge is 0.265 e. The number of methoxy groups -OCH3 is 1. The molecule has 2 aromatic rings. The summed E-state index contributed by atoms with van der Waals surface area (Å²) in [5, 5.41) is 6.13. The van der Waals surface area contributed by atoms with E-state index < -0.39 is 10.1 Å². The first-order valence-corrected chi connectivity index (χ1v) is 9.36. The summed E-state index contributed by atoms with van der Waals surface area (Å²) in [6.07, 6.45) is 3.85. The lowest BCUT2D eigenvalue weighted by Gasteiger charge is -2.15. The van der Waals surface area contributed by atoms with Crippen molar-refractivity contribution in [3.63, 3.8) is 0 Å². The van der Waals surface area contributed by atoms with Crippen molar-refractivity contribution in [1.29, 1.82) is 0 Å². The second-order valence-electron chi connectivity index (χ2n) is 5.40. The molecular formula is C17H22N3O4S+. The fourth-order valence-corrected chi connectivity index (χ4v) is 2.83. The van der Waals surface area contributed by atoms with Gasteiger partial charge in [-0.15, -0.1) is 0 Å². The molecule has 7 nitrogen and oxygen atoms in total. The van der Waals surface area contributed by atoms with Gasteiger partial charge in [0.1, 0.15) is 24.2 Å². The molecule has 0 saturated carbocycles. The first-order chi connectivity index (χ1) is 11.9. The highest BCUT2D eigenvalue weighted by molar-refractivity contribution is 7.85. The number of rotatable bonds is 8. The minimum Gasteiger partial charge on any atom is -0.495 e. The highest BCUT2D eigenvalue weighted by atomic mass is 32.2. The quantitative estimate of drug-likeness (QED) is 0.334.